The third kappa shape index (κ3) is 1.87. The highest BCUT2D eigenvalue weighted by Crippen LogP contribution is 2.06. The van der Waals surface area contributed by atoms with Crippen LogP contribution in [0, 0.1) is 5.95 Å². The number of carbonyl (C=O) groups is 2. The van der Waals surface area contributed by atoms with Gasteiger partial charge in [0.1, 0.15) is 0 Å². The number of hydrogen-bond donors (Lipinski definition) is 0. The number of pyridine rings is 1. The Labute approximate surface area is 73.3 Å². The van der Waals surface area contributed by atoms with Gasteiger partial charge in [-0.25, -0.2) is 9.78 Å². The highest BCUT2D eigenvalue weighted by molar-refractivity contribution is 5.91. The zero-order valence-corrected chi connectivity index (χ0v) is 6.78. The van der Waals surface area contributed by atoms with Crippen LogP contribution in [-0.4, -0.2) is 24.3 Å². The van der Waals surface area contributed by atoms with E-state index in [1.54, 1.807) is 0 Å². The van der Waals surface area contributed by atoms with Gasteiger partial charge in [-0.3, -0.25) is 4.79 Å². The lowest BCUT2D eigenvalue weighted by Gasteiger charge is -1.99. The number of aldehydes is 1. The second-order valence-electron chi connectivity index (χ2n) is 2.21. The van der Waals surface area contributed by atoms with Crippen LogP contribution < -0.4 is 0 Å². The summed E-state index contributed by atoms with van der Waals surface area (Å²) in [6.45, 7) is 0. The minimum atomic E-state index is -0.900. The van der Waals surface area contributed by atoms with Crippen LogP contribution in [-0.2, 0) is 4.74 Å². The summed E-state index contributed by atoms with van der Waals surface area (Å²) in [5.41, 5.74) is -0.214. The molecule has 0 unspecified atom stereocenters. The Bertz CT molecular complexity index is 351. The van der Waals surface area contributed by atoms with Gasteiger partial charge >= 0.3 is 5.97 Å². The summed E-state index contributed by atoms with van der Waals surface area (Å²) in [5, 5.41) is 0. The minimum absolute atomic E-state index is 0.0472. The van der Waals surface area contributed by atoms with E-state index >= 15 is 0 Å². The zero-order chi connectivity index (χ0) is 9.84. The summed E-state index contributed by atoms with van der Waals surface area (Å²) in [4.78, 5) is 24.4. The molecule has 4 nitrogen and oxygen atoms in total. The number of carbonyl (C=O) groups excluding carboxylic acids is 2. The Morgan fingerprint density at radius 1 is 1.69 bits per heavy atom. The third-order valence-electron chi connectivity index (χ3n) is 1.41. The molecule has 68 valence electrons. The van der Waals surface area contributed by atoms with Crippen LogP contribution in [0.15, 0.2) is 12.3 Å². The van der Waals surface area contributed by atoms with Gasteiger partial charge < -0.3 is 4.74 Å². The van der Waals surface area contributed by atoms with Gasteiger partial charge in [-0.15, -0.1) is 0 Å². The van der Waals surface area contributed by atoms with Gasteiger partial charge in [-0.2, -0.15) is 4.39 Å². The molecule has 0 spiro atoms. The maximum atomic E-state index is 12.6. The number of halogens is 1. The van der Waals surface area contributed by atoms with Crippen molar-refractivity contribution in [3.05, 3.63) is 29.3 Å². The number of ether oxygens (including phenoxy) is 1. The van der Waals surface area contributed by atoms with E-state index in [1.165, 1.54) is 7.11 Å². The summed E-state index contributed by atoms with van der Waals surface area (Å²) >= 11 is 0. The highest BCUT2D eigenvalue weighted by Gasteiger charge is 2.09. The number of nitrogens with zero attached hydrogens (tertiary/aromatic N) is 1. The Kier molecular flexibility index (Phi) is 2.69. The van der Waals surface area contributed by atoms with Gasteiger partial charge in [-0.05, 0) is 6.07 Å². The van der Waals surface area contributed by atoms with Gasteiger partial charge in [-0.1, -0.05) is 0 Å². The average Bonchev–Trinajstić information content (AvgIpc) is 2.17. The second-order valence-corrected chi connectivity index (χ2v) is 2.21. The average molecular weight is 183 g/mol. The number of esters is 1. The first-order chi connectivity index (χ1) is 6.19. The van der Waals surface area contributed by atoms with Crippen molar-refractivity contribution in [1.29, 1.82) is 0 Å². The molecule has 0 saturated heterocycles. The van der Waals surface area contributed by atoms with Gasteiger partial charge in [0.2, 0.25) is 5.95 Å². The van der Waals surface area contributed by atoms with E-state index in [9.17, 15) is 14.0 Å². The summed E-state index contributed by atoms with van der Waals surface area (Å²) in [6, 6.07) is 1.08. The van der Waals surface area contributed by atoms with E-state index in [0.717, 1.165) is 12.3 Å². The minimum Gasteiger partial charge on any atom is -0.465 e. The van der Waals surface area contributed by atoms with Crippen molar-refractivity contribution < 1.29 is 18.7 Å². The lowest BCUT2D eigenvalue weighted by Crippen LogP contribution is -2.04. The molecular formula is C8H6FNO3. The first-order valence-corrected chi connectivity index (χ1v) is 3.38. The first-order valence-electron chi connectivity index (χ1n) is 3.38. The van der Waals surface area contributed by atoms with Crippen LogP contribution >= 0.6 is 0 Å². The molecule has 0 aliphatic rings. The standard InChI is InChI=1S/C8H6FNO3/c1-13-8(12)5-2-6(4-11)7(9)10-3-5/h2-4H,1H3. The molecule has 0 saturated carbocycles. The van der Waals surface area contributed by atoms with E-state index in [0.29, 0.717) is 0 Å². The molecule has 0 radical (unpaired) electrons. The Hall–Kier alpha value is -1.78. The fourth-order valence-corrected chi connectivity index (χ4v) is 0.777. The quantitative estimate of drug-likeness (QED) is 0.387. The smallest absolute Gasteiger partial charge is 0.339 e. The molecule has 0 atom stereocenters. The van der Waals surface area contributed by atoms with Gasteiger partial charge in [0.25, 0.3) is 0 Å². The van der Waals surface area contributed by atoms with Crippen LogP contribution in [0.4, 0.5) is 4.39 Å². The molecule has 1 aromatic rings. The van der Waals surface area contributed by atoms with Gasteiger partial charge in [0.15, 0.2) is 6.29 Å². The monoisotopic (exact) mass is 183 g/mol. The topological polar surface area (TPSA) is 56.3 Å². The van der Waals surface area contributed by atoms with Crippen molar-refractivity contribution in [2.75, 3.05) is 7.11 Å². The fraction of sp³-hybridized carbons (Fsp3) is 0.125. The first kappa shape index (κ1) is 9.31. The third-order valence-corrected chi connectivity index (χ3v) is 1.41. The Morgan fingerprint density at radius 2 is 2.38 bits per heavy atom. The van der Waals surface area contributed by atoms with E-state index in [4.69, 9.17) is 0 Å². The molecule has 0 amide bonds. The van der Waals surface area contributed by atoms with Crippen LogP contribution in [0.1, 0.15) is 20.7 Å². The van der Waals surface area contributed by atoms with Gasteiger partial charge in [0, 0.05) is 6.20 Å². The summed E-state index contributed by atoms with van der Waals surface area (Å²) < 4.78 is 17.0. The number of aromatic nitrogens is 1. The molecule has 0 aromatic carbocycles. The Morgan fingerprint density at radius 3 is 2.92 bits per heavy atom. The summed E-state index contributed by atoms with van der Waals surface area (Å²) in [6.07, 6.45) is 1.29. The predicted molar refractivity (Wildman–Crippen MR) is 40.9 cm³/mol. The highest BCUT2D eigenvalue weighted by atomic mass is 19.1. The molecule has 0 bridgehead atoms. The molecule has 13 heavy (non-hydrogen) atoms. The molecule has 0 aliphatic carbocycles. The maximum absolute atomic E-state index is 12.6. The molecule has 0 N–H and O–H groups in total. The maximum Gasteiger partial charge on any atom is 0.339 e. The van der Waals surface area contributed by atoms with E-state index in [1.807, 2.05) is 0 Å². The normalized spacial score (nSPS) is 9.38. The molecule has 1 rings (SSSR count). The van der Waals surface area contributed by atoms with Crippen molar-refractivity contribution in [1.82, 2.24) is 4.98 Å². The van der Waals surface area contributed by atoms with Crippen LogP contribution in [0.5, 0.6) is 0 Å². The summed E-state index contributed by atoms with van der Waals surface area (Å²) in [5.74, 6) is -1.56. The zero-order valence-electron chi connectivity index (χ0n) is 6.78. The summed E-state index contributed by atoms with van der Waals surface area (Å²) in [7, 11) is 1.19. The molecule has 1 aromatic heterocycles. The largest absolute Gasteiger partial charge is 0.465 e. The van der Waals surface area contributed by atoms with E-state index in [-0.39, 0.29) is 17.4 Å². The number of methoxy groups -OCH3 is 1. The van der Waals surface area contributed by atoms with E-state index < -0.39 is 11.9 Å². The molecule has 0 aliphatic heterocycles. The number of rotatable bonds is 2. The van der Waals surface area contributed by atoms with Crippen molar-refractivity contribution in [2.24, 2.45) is 0 Å². The van der Waals surface area contributed by atoms with Crippen molar-refractivity contribution in [3.8, 4) is 0 Å². The molecule has 0 fully saturated rings. The lowest BCUT2D eigenvalue weighted by atomic mass is 10.2. The predicted octanol–water partition coefficient (Wildman–Crippen LogP) is 0.820. The molecular weight excluding hydrogens is 177 g/mol. The van der Waals surface area contributed by atoms with Gasteiger partial charge in [0.05, 0.1) is 18.2 Å². The fourth-order valence-electron chi connectivity index (χ4n) is 0.777. The van der Waals surface area contributed by atoms with E-state index in [2.05, 4.69) is 9.72 Å². The van der Waals surface area contributed by atoms with Crippen LogP contribution in [0.2, 0.25) is 0 Å². The van der Waals surface area contributed by atoms with Crippen molar-refractivity contribution >= 4 is 12.3 Å². The number of hydrogen-bond acceptors (Lipinski definition) is 4. The lowest BCUT2D eigenvalue weighted by molar-refractivity contribution is 0.0600. The molecule has 5 heteroatoms. The molecule has 1 heterocycles. The van der Waals surface area contributed by atoms with Crippen molar-refractivity contribution in [2.45, 2.75) is 0 Å². The van der Waals surface area contributed by atoms with Crippen molar-refractivity contribution in [3.63, 3.8) is 0 Å². The second kappa shape index (κ2) is 3.75. The SMILES string of the molecule is COC(=O)c1cnc(F)c(C=O)c1. The van der Waals surface area contributed by atoms with Crippen LogP contribution in [0.25, 0.3) is 0 Å². The Balaban J connectivity index is 3.13. The van der Waals surface area contributed by atoms with Crippen LogP contribution in [0.3, 0.4) is 0 Å².